The highest BCUT2D eigenvalue weighted by molar-refractivity contribution is 5.84. The van der Waals surface area contributed by atoms with E-state index in [1.807, 2.05) is 31.2 Å². The quantitative estimate of drug-likeness (QED) is 0.420. The Labute approximate surface area is 185 Å². The molecule has 0 spiro atoms. The minimum Gasteiger partial charge on any atom is -0.480 e. The second-order valence-electron chi connectivity index (χ2n) is 8.07. The summed E-state index contributed by atoms with van der Waals surface area (Å²) in [6.45, 7) is 6.95. The molecule has 7 nitrogen and oxygen atoms in total. The number of amides is 2. The maximum Gasteiger partial charge on any atom is 0.326 e. The Bertz CT molecular complexity index is 751. The van der Waals surface area contributed by atoms with Crippen molar-refractivity contribution in [1.82, 2.24) is 9.80 Å². The van der Waals surface area contributed by atoms with Gasteiger partial charge in [0.25, 0.3) is 0 Å². The molecule has 0 fully saturated rings. The summed E-state index contributed by atoms with van der Waals surface area (Å²) in [6.07, 6.45) is 5.10. The third-order valence-corrected chi connectivity index (χ3v) is 5.90. The number of unbranched alkanes of at least 4 members (excludes halogenated alkanes) is 3. The van der Waals surface area contributed by atoms with Crippen LogP contribution in [0.4, 0.5) is 4.79 Å². The molecule has 31 heavy (non-hydrogen) atoms. The Morgan fingerprint density at radius 2 is 1.84 bits per heavy atom. The van der Waals surface area contributed by atoms with Crippen LogP contribution in [0.25, 0.3) is 0 Å². The second kappa shape index (κ2) is 12.3. The van der Waals surface area contributed by atoms with Crippen molar-refractivity contribution < 1.29 is 24.2 Å². The number of carbonyl (C=O) groups excluding carboxylic acids is 2. The van der Waals surface area contributed by atoms with Crippen LogP contribution in [-0.2, 0) is 27.3 Å². The highest BCUT2D eigenvalue weighted by atomic mass is 16.5. The lowest BCUT2D eigenvalue weighted by atomic mass is 9.94. The first-order valence-corrected chi connectivity index (χ1v) is 11.4. The summed E-state index contributed by atoms with van der Waals surface area (Å²) >= 11 is 0. The summed E-state index contributed by atoms with van der Waals surface area (Å²) in [5.74, 6) is -1.70. The zero-order valence-electron chi connectivity index (χ0n) is 19.0. The summed E-state index contributed by atoms with van der Waals surface area (Å²) in [4.78, 5) is 40.8. The molecule has 7 heteroatoms. The highest BCUT2D eigenvalue weighted by Gasteiger charge is 2.37. The Hall–Kier alpha value is -2.57. The molecule has 0 radical (unpaired) electrons. The third kappa shape index (κ3) is 6.71. The number of hydrogen-bond acceptors (Lipinski definition) is 4. The van der Waals surface area contributed by atoms with E-state index in [9.17, 15) is 19.5 Å². The molecule has 2 atom stereocenters. The van der Waals surface area contributed by atoms with Crippen molar-refractivity contribution >= 4 is 18.0 Å². The smallest absolute Gasteiger partial charge is 0.326 e. The lowest BCUT2D eigenvalue weighted by molar-refractivity contribution is -0.149. The van der Waals surface area contributed by atoms with E-state index < -0.39 is 17.9 Å². The zero-order valence-corrected chi connectivity index (χ0v) is 19.0. The first-order valence-electron chi connectivity index (χ1n) is 11.4. The number of hydrogen-bond donors (Lipinski definition) is 1. The van der Waals surface area contributed by atoms with Crippen LogP contribution in [0.15, 0.2) is 24.3 Å². The van der Waals surface area contributed by atoms with E-state index in [2.05, 4.69) is 6.92 Å². The second-order valence-corrected chi connectivity index (χ2v) is 8.07. The molecular formula is C24H36N2O5. The van der Waals surface area contributed by atoms with Crippen molar-refractivity contribution in [2.24, 2.45) is 5.92 Å². The van der Waals surface area contributed by atoms with Crippen molar-refractivity contribution in [2.45, 2.75) is 71.9 Å². The van der Waals surface area contributed by atoms with Gasteiger partial charge in [0.05, 0.1) is 12.5 Å². The van der Waals surface area contributed by atoms with Crippen molar-refractivity contribution in [3.63, 3.8) is 0 Å². The van der Waals surface area contributed by atoms with Crippen LogP contribution in [0.2, 0.25) is 0 Å². The molecule has 0 saturated heterocycles. The zero-order chi connectivity index (χ0) is 22.8. The first-order chi connectivity index (χ1) is 14.9. The van der Waals surface area contributed by atoms with Crippen molar-refractivity contribution in [1.29, 1.82) is 0 Å². The van der Waals surface area contributed by atoms with Crippen molar-refractivity contribution in [2.75, 3.05) is 19.7 Å². The number of carboxylic acids is 1. The molecule has 0 saturated carbocycles. The minimum absolute atomic E-state index is 0.241. The topological polar surface area (TPSA) is 87.2 Å². The normalized spacial score (nSPS) is 16.4. The fourth-order valence-electron chi connectivity index (χ4n) is 4.10. The molecule has 2 amide bonds. The van der Waals surface area contributed by atoms with E-state index in [-0.39, 0.29) is 31.5 Å². The first kappa shape index (κ1) is 24.7. The van der Waals surface area contributed by atoms with Gasteiger partial charge in [-0.2, -0.15) is 0 Å². The molecule has 172 valence electrons. The van der Waals surface area contributed by atoms with Crippen LogP contribution in [0, 0.1) is 5.92 Å². The Morgan fingerprint density at radius 3 is 2.45 bits per heavy atom. The van der Waals surface area contributed by atoms with Gasteiger partial charge >= 0.3 is 18.0 Å². The molecule has 1 N–H and O–H groups in total. The third-order valence-electron chi connectivity index (χ3n) is 5.90. The largest absolute Gasteiger partial charge is 0.480 e. The average Bonchev–Trinajstić information content (AvgIpc) is 2.77. The molecule has 1 heterocycles. The predicted octanol–water partition coefficient (Wildman–Crippen LogP) is 4.09. The van der Waals surface area contributed by atoms with Crippen LogP contribution < -0.4 is 0 Å². The summed E-state index contributed by atoms with van der Waals surface area (Å²) in [6, 6.07) is 6.37. The van der Waals surface area contributed by atoms with Gasteiger partial charge in [-0.1, -0.05) is 56.9 Å². The molecule has 1 aliphatic heterocycles. The van der Waals surface area contributed by atoms with E-state index in [1.54, 1.807) is 11.8 Å². The molecule has 2 rings (SSSR count). The number of rotatable bonds is 11. The summed E-state index contributed by atoms with van der Waals surface area (Å²) in [7, 11) is 0. The van der Waals surface area contributed by atoms with Crippen LogP contribution in [-0.4, -0.2) is 58.6 Å². The van der Waals surface area contributed by atoms with Gasteiger partial charge < -0.3 is 19.6 Å². The molecule has 0 aromatic heterocycles. The van der Waals surface area contributed by atoms with Crippen molar-refractivity contribution in [3.8, 4) is 0 Å². The number of nitrogens with zero attached hydrogens (tertiary/aromatic N) is 2. The maximum atomic E-state index is 13.4. The van der Waals surface area contributed by atoms with E-state index in [0.717, 1.165) is 36.8 Å². The van der Waals surface area contributed by atoms with Crippen LogP contribution in [0.5, 0.6) is 0 Å². The number of ether oxygens (including phenoxy) is 1. The Morgan fingerprint density at radius 1 is 1.13 bits per heavy atom. The van der Waals surface area contributed by atoms with E-state index >= 15 is 0 Å². The number of carboxylic acid groups (broad SMARTS) is 1. The average molecular weight is 433 g/mol. The van der Waals surface area contributed by atoms with Gasteiger partial charge in [-0.15, -0.1) is 0 Å². The highest BCUT2D eigenvalue weighted by Crippen LogP contribution is 2.25. The van der Waals surface area contributed by atoms with Gasteiger partial charge in [-0.3, -0.25) is 4.79 Å². The van der Waals surface area contributed by atoms with Crippen LogP contribution >= 0.6 is 0 Å². The lowest BCUT2D eigenvalue weighted by Crippen LogP contribution is -2.54. The fourth-order valence-corrected chi connectivity index (χ4v) is 4.10. The molecule has 1 aliphatic rings. The van der Waals surface area contributed by atoms with E-state index in [1.165, 1.54) is 4.90 Å². The van der Waals surface area contributed by atoms with Gasteiger partial charge in [-0.25, -0.2) is 9.59 Å². The molecule has 1 aromatic carbocycles. The monoisotopic (exact) mass is 432 g/mol. The number of aliphatic carboxylic acids is 1. The van der Waals surface area contributed by atoms with Gasteiger partial charge in [0.1, 0.15) is 6.04 Å². The van der Waals surface area contributed by atoms with Crippen LogP contribution in [0.3, 0.4) is 0 Å². The van der Waals surface area contributed by atoms with Gasteiger partial charge in [-0.05, 0) is 31.4 Å². The van der Waals surface area contributed by atoms with Gasteiger partial charge in [0.2, 0.25) is 0 Å². The maximum absolute atomic E-state index is 13.4. The van der Waals surface area contributed by atoms with Gasteiger partial charge in [0.15, 0.2) is 0 Å². The SMILES string of the molecule is CCCCCC[C@@H](CN(CC)C(=O)N1Cc2ccccc2C[C@H]1C(=O)O)C(=O)OCC. The molecule has 0 unspecified atom stereocenters. The number of fused-ring (bicyclic) bond motifs is 1. The molecular weight excluding hydrogens is 396 g/mol. The molecule has 0 bridgehead atoms. The van der Waals surface area contributed by atoms with Gasteiger partial charge in [0, 0.05) is 26.1 Å². The minimum atomic E-state index is -1.01. The number of esters is 1. The predicted molar refractivity (Wildman–Crippen MR) is 119 cm³/mol. The standard InChI is InChI=1S/C24H36N2O5/c1-4-7-8-9-14-20(23(29)31-6-3)16-25(5-2)24(30)26-17-19-13-11-10-12-18(19)15-21(26)22(27)28/h10-13,20-21H,4-9,14-17H2,1-3H3,(H,27,28)/t20-,21-/m0/s1. The summed E-state index contributed by atoms with van der Waals surface area (Å²) < 4.78 is 5.25. The Kier molecular flexibility index (Phi) is 9.82. The fraction of sp³-hybridized carbons (Fsp3) is 0.625. The Balaban J connectivity index is 2.16. The van der Waals surface area contributed by atoms with E-state index in [0.29, 0.717) is 19.6 Å². The van der Waals surface area contributed by atoms with Crippen LogP contribution in [0.1, 0.15) is 64.0 Å². The number of carbonyl (C=O) groups is 3. The van der Waals surface area contributed by atoms with E-state index in [4.69, 9.17) is 4.74 Å². The molecule has 1 aromatic rings. The lowest BCUT2D eigenvalue weighted by Gasteiger charge is -2.38. The van der Waals surface area contributed by atoms with Crippen molar-refractivity contribution in [3.05, 3.63) is 35.4 Å². The summed E-state index contributed by atoms with van der Waals surface area (Å²) in [5.41, 5.74) is 1.92. The number of benzene rings is 1. The molecule has 0 aliphatic carbocycles. The summed E-state index contributed by atoms with van der Waals surface area (Å²) in [5, 5.41) is 9.76. The number of urea groups is 1.